The van der Waals surface area contributed by atoms with E-state index in [0.29, 0.717) is 5.92 Å². The van der Waals surface area contributed by atoms with Crippen LogP contribution in [0.5, 0.6) is 0 Å². The van der Waals surface area contributed by atoms with Gasteiger partial charge >= 0.3 is 6.09 Å². The number of carbonyl (C=O) groups is 3. The minimum absolute atomic E-state index is 0.109. The summed E-state index contributed by atoms with van der Waals surface area (Å²) < 4.78 is 5.52. The number of alkyl carbamates (subject to hydrolysis) is 1. The van der Waals surface area contributed by atoms with Gasteiger partial charge in [0.25, 0.3) is 0 Å². The molecule has 1 fully saturated rings. The first kappa shape index (κ1) is 33.6. The van der Waals surface area contributed by atoms with Crippen molar-refractivity contribution in [2.45, 2.75) is 144 Å². The second kappa shape index (κ2) is 14.9. The smallest absolute Gasteiger partial charge is 0.408 e. The summed E-state index contributed by atoms with van der Waals surface area (Å²) >= 11 is 0. The molecule has 1 aliphatic carbocycles. The van der Waals surface area contributed by atoms with Crippen LogP contribution in [0.2, 0.25) is 0 Å². The van der Waals surface area contributed by atoms with Crippen molar-refractivity contribution in [1.29, 1.82) is 0 Å². The highest BCUT2D eigenvalue weighted by atomic mass is 16.6. The van der Waals surface area contributed by atoms with Crippen LogP contribution in [0.15, 0.2) is 18.2 Å². The van der Waals surface area contributed by atoms with Crippen molar-refractivity contribution in [3.8, 4) is 0 Å². The van der Waals surface area contributed by atoms with Crippen LogP contribution in [-0.2, 0) is 14.3 Å². The molecule has 2 N–H and O–H groups in total. The van der Waals surface area contributed by atoms with E-state index in [1.807, 2.05) is 52.8 Å². The lowest BCUT2D eigenvalue weighted by Crippen LogP contribution is -2.57. The summed E-state index contributed by atoms with van der Waals surface area (Å²) in [5.74, 6) is -0.164. The molecule has 7 nitrogen and oxygen atoms in total. The summed E-state index contributed by atoms with van der Waals surface area (Å²) in [6.45, 7) is 19.6. The summed E-state index contributed by atoms with van der Waals surface area (Å²) in [5.41, 5.74) is 2.13. The third kappa shape index (κ3) is 10.1. The molecule has 3 amide bonds. The highest BCUT2D eigenvalue weighted by molar-refractivity contribution is 5.93. The maximum atomic E-state index is 14.6. The predicted octanol–water partition coefficient (Wildman–Crippen LogP) is 7.00. The van der Waals surface area contributed by atoms with Crippen LogP contribution in [-0.4, -0.2) is 46.5 Å². The van der Waals surface area contributed by atoms with Gasteiger partial charge in [-0.15, -0.1) is 0 Å². The van der Waals surface area contributed by atoms with E-state index >= 15 is 0 Å². The Hall–Kier alpha value is -2.57. The van der Waals surface area contributed by atoms with Crippen molar-refractivity contribution in [2.75, 3.05) is 0 Å². The number of nitrogens with zero attached hydrogens (tertiary/aromatic N) is 1. The lowest BCUT2D eigenvalue weighted by molar-refractivity contribution is -0.146. The molecule has 7 heteroatoms. The van der Waals surface area contributed by atoms with Crippen molar-refractivity contribution in [3.05, 3.63) is 34.9 Å². The van der Waals surface area contributed by atoms with Gasteiger partial charge < -0.3 is 20.3 Å². The maximum Gasteiger partial charge on any atom is 0.408 e. The van der Waals surface area contributed by atoms with E-state index in [9.17, 15) is 14.4 Å². The van der Waals surface area contributed by atoms with Crippen molar-refractivity contribution < 1.29 is 19.1 Å². The summed E-state index contributed by atoms with van der Waals surface area (Å²) in [6, 6.07) is 4.32. The quantitative estimate of drug-likeness (QED) is 0.307. The maximum absolute atomic E-state index is 14.6. The van der Waals surface area contributed by atoms with Gasteiger partial charge in [0.2, 0.25) is 11.8 Å². The van der Waals surface area contributed by atoms with Gasteiger partial charge in [-0.05, 0) is 90.2 Å². The molecule has 0 saturated heterocycles. The van der Waals surface area contributed by atoms with Gasteiger partial charge in [0.05, 0.1) is 0 Å². The lowest BCUT2D eigenvalue weighted by Gasteiger charge is -2.40. The zero-order valence-corrected chi connectivity index (χ0v) is 26.7. The average molecular weight is 558 g/mol. The third-order valence-corrected chi connectivity index (χ3v) is 7.70. The molecule has 0 aromatic heterocycles. The summed E-state index contributed by atoms with van der Waals surface area (Å²) in [4.78, 5) is 43.4. The van der Waals surface area contributed by atoms with Crippen LogP contribution < -0.4 is 10.6 Å². The van der Waals surface area contributed by atoms with Gasteiger partial charge in [0, 0.05) is 12.1 Å². The summed E-state index contributed by atoms with van der Waals surface area (Å²) in [5, 5.41) is 6.16. The first-order valence-corrected chi connectivity index (χ1v) is 15.3. The van der Waals surface area contributed by atoms with Crippen molar-refractivity contribution >= 4 is 17.9 Å². The van der Waals surface area contributed by atoms with Crippen LogP contribution in [0.4, 0.5) is 4.79 Å². The Balaban J connectivity index is 2.60. The standard InChI is InChI=1S/C33H55N3O4/c1-21(2)16-19-25(7)36(31(38)28(22(3)4)35-32(39)40-33(8,9)10)29(27-20-23(5)17-18-24(27)6)30(37)34-26-14-12-11-13-15-26/h17-18,20-22,25-26,28-29H,11-16,19H2,1-10H3,(H,34,37)(H,35,39). The fourth-order valence-corrected chi connectivity index (χ4v) is 5.42. The SMILES string of the molecule is Cc1ccc(C)c(C(C(=O)NC2CCCCC2)N(C(=O)C(NC(=O)OC(C)(C)C)C(C)C)C(C)CCC(C)C)c1. The normalized spacial score (nSPS) is 16.8. The van der Waals surface area contributed by atoms with E-state index in [2.05, 4.69) is 24.5 Å². The van der Waals surface area contributed by atoms with Gasteiger partial charge in [-0.3, -0.25) is 9.59 Å². The van der Waals surface area contributed by atoms with Crippen molar-refractivity contribution in [3.63, 3.8) is 0 Å². The van der Waals surface area contributed by atoms with E-state index in [4.69, 9.17) is 4.74 Å². The zero-order valence-electron chi connectivity index (χ0n) is 26.7. The number of hydrogen-bond donors (Lipinski definition) is 2. The molecule has 3 atom stereocenters. The second-order valence-electron chi connectivity index (χ2n) is 13.5. The predicted molar refractivity (Wildman–Crippen MR) is 162 cm³/mol. The van der Waals surface area contributed by atoms with E-state index < -0.39 is 23.8 Å². The van der Waals surface area contributed by atoms with Gasteiger partial charge in [-0.2, -0.15) is 0 Å². The Labute approximate surface area is 243 Å². The number of benzene rings is 1. The number of nitrogens with one attached hydrogen (secondary N) is 2. The highest BCUT2D eigenvalue weighted by Gasteiger charge is 2.41. The molecule has 226 valence electrons. The molecular weight excluding hydrogens is 502 g/mol. The highest BCUT2D eigenvalue weighted by Crippen LogP contribution is 2.32. The summed E-state index contributed by atoms with van der Waals surface area (Å²) in [6.07, 6.45) is 6.33. The molecule has 3 unspecified atom stereocenters. The van der Waals surface area contributed by atoms with Gasteiger partial charge in [-0.1, -0.05) is 70.7 Å². The third-order valence-electron chi connectivity index (χ3n) is 7.70. The first-order chi connectivity index (χ1) is 18.6. The van der Waals surface area contributed by atoms with Crippen molar-refractivity contribution in [2.24, 2.45) is 11.8 Å². The fraction of sp³-hybridized carbons (Fsp3) is 0.727. The average Bonchev–Trinajstić information content (AvgIpc) is 2.85. The van der Waals surface area contributed by atoms with Crippen LogP contribution in [0, 0.1) is 25.7 Å². The molecule has 1 aliphatic rings. The topological polar surface area (TPSA) is 87.7 Å². The number of aryl methyl sites for hydroxylation is 2. The molecule has 1 saturated carbocycles. The molecule has 0 bridgehead atoms. The fourth-order valence-electron chi connectivity index (χ4n) is 5.42. The molecule has 2 rings (SSSR count). The van der Waals surface area contributed by atoms with E-state index in [1.165, 1.54) is 6.42 Å². The molecule has 0 spiro atoms. The van der Waals surface area contributed by atoms with Crippen LogP contribution >= 0.6 is 0 Å². The minimum atomic E-state index is -0.841. The number of amides is 3. The Morgan fingerprint density at radius 1 is 0.975 bits per heavy atom. The van der Waals surface area contributed by atoms with Gasteiger partial charge in [0.15, 0.2) is 0 Å². The molecule has 0 radical (unpaired) electrons. The minimum Gasteiger partial charge on any atom is -0.444 e. The molecule has 0 heterocycles. The molecule has 1 aromatic carbocycles. The lowest BCUT2D eigenvalue weighted by atomic mass is 9.91. The van der Waals surface area contributed by atoms with Crippen LogP contribution in [0.3, 0.4) is 0 Å². The monoisotopic (exact) mass is 557 g/mol. The molecule has 1 aromatic rings. The molecule has 40 heavy (non-hydrogen) atoms. The Morgan fingerprint density at radius 2 is 1.60 bits per heavy atom. The zero-order chi connectivity index (χ0) is 30.2. The van der Waals surface area contributed by atoms with E-state index in [1.54, 1.807) is 25.7 Å². The van der Waals surface area contributed by atoms with Crippen molar-refractivity contribution in [1.82, 2.24) is 15.5 Å². The van der Waals surface area contributed by atoms with E-state index in [-0.39, 0.29) is 29.8 Å². The van der Waals surface area contributed by atoms with Crippen LogP contribution in [0.25, 0.3) is 0 Å². The molecular formula is C33H55N3O4. The Morgan fingerprint density at radius 3 is 2.15 bits per heavy atom. The van der Waals surface area contributed by atoms with Gasteiger partial charge in [-0.25, -0.2) is 4.79 Å². The Bertz CT molecular complexity index is 992. The number of hydrogen-bond acceptors (Lipinski definition) is 4. The first-order valence-electron chi connectivity index (χ1n) is 15.3. The van der Waals surface area contributed by atoms with Gasteiger partial charge in [0.1, 0.15) is 17.7 Å². The second-order valence-corrected chi connectivity index (χ2v) is 13.5. The number of ether oxygens (including phenoxy) is 1. The van der Waals surface area contributed by atoms with E-state index in [0.717, 1.165) is 55.2 Å². The number of rotatable bonds is 11. The number of carbonyl (C=O) groups excluding carboxylic acids is 3. The summed E-state index contributed by atoms with van der Waals surface area (Å²) in [7, 11) is 0. The Kier molecular flexibility index (Phi) is 12.5. The van der Waals surface area contributed by atoms with Crippen LogP contribution in [0.1, 0.15) is 123 Å². The molecule has 0 aliphatic heterocycles. The largest absolute Gasteiger partial charge is 0.444 e.